The van der Waals surface area contributed by atoms with Crippen molar-refractivity contribution in [3.8, 4) is 0 Å². The highest BCUT2D eigenvalue weighted by atomic mass is 127. The highest BCUT2D eigenvalue weighted by molar-refractivity contribution is 4.53. The van der Waals surface area contributed by atoms with Crippen molar-refractivity contribution in [2.45, 2.75) is 143 Å². The Morgan fingerprint density at radius 2 is 0.536 bits per heavy atom. The van der Waals surface area contributed by atoms with Gasteiger partial charge in [0.25, 0.3) is 0 Å². The summed E-state index contributed by atoms with van der Waals surface area (Å²) < 4.78 is 1.45. The van der Waals surface area contributed by atoms with Crippen LogP contribution in [-0.2, 0) is 0 Å². The molecule has 0 unspecified atom stereocenters. The second kappa shape index (κ2) is 24.0. The predicted octanol–water partition coefficient (Wildman–Crippen LogP) is 5.91. The van der Waals surface area contributed by atoms with Crippen molar-refractivity contribution in [3.05, 3.63) is 0 Å². The molecule has 0 atom stereocenters. The fourth-order valence-electron chi connectivity index (χ4n) is 4.52. The molecule has 0 saturated heterocycles. The van der Waals surface area contributed by atoms with E-state index in [0.717, 1.165) is 0 Å². The quantitative estimate of drug-likeness (QED) is 0.0967. The third-order valence-electron chi connectivity index (χ3n) is 6.44. The first kappa shape index (κ1) is 30.9. The van der Waals surface area contributed by atoms with Crippen molar-refractivity contribution in [1.82, 2.24) is 0 Å². The minimum Gasteiger partial charge on any atom is -1.00 e. The van der Waals surface area contributed by atoms with Gasteiger partial charge in [-0.15, -0.1) is 0 Å². The molecule has 0 radical (unpaired) electrons. The van der Waals surface area contributed by atoms with Gasteiger partial charge >= 0.3 is 0 Å². The Hall–Kier alpha value is 0.690. The maximum Gasteiger partial charge on any atom is 0.0786 e. The number of hydrogen-bond donors (Lipinski definition) is 0. The van der Waals surface area contributed by atoms with E-state index in [1.54, 1.807) is 0 Å². The van der Waals surface area contributed by atoms with Gasteiger partial charge in [-0.3, -0.25) is 0 Å². The number of hydrogen-bond acceptors (Lipinski definition) is 0. The fourth-order valence-corrected chi connectivity index (χ4v) is 4.52. The maximum atomic E-state index is 2.35. The molecule has 172 valence electrons. The van der Waals surface area contributed by atoms with Crippen molar-refractivity contribution in [2.24, 2.45) is 0 Å². The van der Waals surface area contributed by atoms with Gasteiger partial charge in [-0.2, -0.15) is 0 Å². The summed E-state index contributed by atoms with van der Waals surface area (Å²) >= 11 is 0. The smallest absolute Gasteiger partial charge is 0.0786 e. The van der Waals surface area contributed by atoms with Crippen LogP contribution in [0.15, 0.2) is 0 Å². The number of unbranched alkanes of at least 4 members (excludes halogenated alkanes) is 14. The molecule has 0 amide bonds. The third-order valence-corrected chi connectivity index (χ3v) is 6.44. The van der Waals surface area contributed by atoms with Crippen LogP contribution >= 0.6 is 0 Å². The monoisotopic (exact) mass is 509 g/mol. The average molecular weight is 510 g/mol. The minimum atomic E-state index is 0. The molecule has 0 aliphatic carbocycles. The Balaban J connectivity index is 0. The normalized spacial score (nSPS) is 11.6. The van der Waals surface area contributed by atoms with Gasteiger partial charge in [0.2, 0.25) is 0 Å². The van der Waals surface area contributed by atoms with E-state index in [4.69, 9.17) is 0 Å². The molecule has 28 heavy (non-hydrogen) atoms. The van der Waals surface area contributed by atoms with Crippen LogP contribution in [0.25, 0.3) is 0 Å². The van der Waals surface area contributed by atoms with Gasteiger partial charge in [0.05, 0.1) is 26.2 Å². The molecule has 0 aliphatic rings. The number of nitrogens with zero attached hydrogens (tertiary/aromatic N) is 1. The van der Waals surface area contributed by atoms with E-state index in [9.17, 15) is 0 Å². The molecule has 0 N–H and O–H groups in total. The van der Waals surface area contributed by atoms with Crippen LogP contribution in [-0.4, -0.2) is 30.7 Å². The summed E-state index contributed by atoms with van der Waals surface area (Å²) in [5, 5.41) is 0. The third kappa shape index (κ3) is 18.7. The Labute approximate surface area is 197 Å². The standard InChI is InChI=1S/C26H56N.HI/c1-5-9-13-14-15-16-17-18-22-26-27(23-19-10-6-2,24-20-11-7-3)25-21-12-8-4;/h5-26H2,1-4H3;1H/q+1;/p-1. The van der Waals surface area contributed by atoms with Gasteiger partial charge in [0.15, 0.2) is 0 Å². The van der Waals surface area contributed by atoms with Gasteiger partial charge in [-0.25, -0.2) is 0 Å². The Morgan fingerprint density at radius 1 is 0.321 bits per heavy atom. The highest BCUT2D eigenvalue weighted by Crippen LogP contribution is 2.19. The van der Waals surface area contributed by atoms with E-state index < -0.39 is 0 Å². The minimum absolute atomic E-state index is 0. The summed E-state index contributed by atoms with van der Waals surface area (Å²) in [6, 6.07) is 0. The zero-order valence-electron chi connectivity index (χ0n) is 20.4. The van der Waals surface area contributed by atoms with Gasteiger partial charge < -0.3 is 28.5 Å². The van der Waals surface area contributed by atoms with Crippen LogP contribution < -0.4 is 24.0 Å². The van der Waals surface area contributed by atoms with Crippen LogP contribution in [0.5, 0.6) is 0 Å². The van der Waals surface area contributed by atoms with Crippen LogP contribution in [0.2, 0.25) is 0 Å². The van der Waals surface area contributed by atoms with E-state index >= 15 is 0 Å². The molecular weight excluding hydrogens is 453 g/mol. The van der Waals surface area contributed by atoms with Crippen LogP contribution in [0.1, 0.15) is 143 Å². The van der Waals surface area contributed by atoms with Crippen molar-refractivity contribution >= 4 is 0 Å². The number of quaternary nitrogens is 1. The zero-order chi connectivity index (χ0) is 20.1. The van der Waals surface area contributed by atoms with Gasteiger partial charge in [0, 0.05) is 0 Å². The largest absolute Gasteiger partial charge is 1.00 e. The topological polar surface area (TPSA) is 0 Å². The van der Waals surface area contributed by atoms with Crippen LogP contribution in [0, 0.1) is 0 Å². The SMILES string of the molecule is CCCCCCCCCCC[N+](CCCCC)(CCCCC)CCCCC.[I-]. The fraction of sp³-hybridized carbons (Fsp3) is 1.00. The molecule has 0 aliphatic heterocycles. The lowest BCUT2D eigenvalue weighted by Crippen LogP contribution is -3.00. The maximum absolute atomic E-state index is 2.35. The molecule has 0 spiro atoms. The molecule has 0 heterocycles. The lowest BCUT2D eigenvalue weighted by atomic mass is 10.1. The number of rotatable bonds is 22. The van der Waals surface area contributed by atoms with Crippen molar-refractivity contribution in [3.63, 3.8) is 0 Å². The second-order valence-electron chi connectivity index (χ2n) is 9.19. The summed E-state index contributed by atoms with van der Waals surface area (Å²) in [5.41, 5.74) is 0. The van der Waals surface area contributed by atoms with E-state index in [-0.39, 0.29) is 24.0 Å². The second-order valence-corrected chi connectivity index (χ2v) is 9.19. The van der Waals surface area contributed by atoms with Crippen molar-refractivity contribution in [2.75, 3.05) is 26.2 Å². The summed E-state index contributed by atoms with van der Waals surface area (Å²) in [6.07, 6.45) is 25.8. The Kier molecular flexibility index (Phi) is 26.4. The molecule has 0 bridgehead atoms. The average Bonchev–Trinajstić information content (AvgIpc) is 2.67. The summed E-state index contributed by atoms with van der Waals surface area (Å²) in [6.45, 7) is 15.2. The molecule has 2 heteroatoms. The molecule has 0 aromatic heterocycles. The van der Waals surface area contributed by atoms with Crippen molar-refractivity contribution < 1.29 is 28.5 Å². The summed E-state index contributed by atoms with van der Waals surface area (Å²) in [4.78, 5) is 0. The molecule has 0 aromatic carbocycles. The van der Waals surface area contributed by atoms with Crippen LogP contribution in [0.3, 0.4) is 0 Å². The molecule has 0 rings (SSSR count). The molecular formula is C26H56IN. The summed E-state index contributed by atoms with van der Waals surface area (Å²) in [7, 11) is 0. The zero-order valence-corrected chi connectivity index (χ0v) is 22.5. The number of halogens is 1. The summed E-state index contributed by atoms with van der Waals surface area (Å²) in [5.74, 6) is 0. The van der Waals surface area contributed by atoms with Crippen LogP contribution in [0.4, 0.5) is 0 Å². The lowest BCUT2D eigenvalue weighted by molar-refractivity contribution is -0.929. The first-order chi connectivity index (χ1) is 13.2. The molecule has 0 saturated carbocycles. The van der Waals surface area contributed by atoms with E-state index in [1.807, 2.05) is 0 Å². The lowest BCUT2D eigenvalue weighted by Gasteiger charge is -2.39. The molecule has 0 fully saturated rings. The van der Waals surface area contributed by atoms with E-state index in [2.05, 4.69) is 27.7 Å². The van der Waals surface area contributed by atoms with Gasteiger partial charge in [-0.1, -0.05) is 91.9 Å². The first-order valence-corrected chi connectivity index (χ1v) is 13.1. The Morgan fingerprint density at radius 3 is 0.857 bits per heavy atom. The molecule has 1 nitrogen and oxygen atoms in total. The van der Waals surface area contributed by atoms with E-state index in [0.29, 0.717) is 0 Å². The first-order valence-electron chi connectivity index (χ1n) is 13.1. The Bertz CT molecular complexity index is 253. The van der Waals surface area contributed by atoms with Gasteiger partial charge in [0.1, 0.15) is 0 Å². The highest BCUT2D eigenvalue weighted by Gasteiger charge is 2.25. The predicted molar refractivity (Wildman–Crippen MR) is 126 cm³/mol. The van der Waals surface area contributed by atoms with Gasteiger partial charge in [-0.05, 0) is 51.4 Å². The van der Waals surface area contributed by atoms with Crippen molar-refractivity contribution in [1.29, 1.82) is 0 Å². The van der Waals surface area contributed by atoms with E-state index in [1.165, 1.54) is 146 Å². The molecule has 0 aromatic rings.